The van der Waals surface area contributed by atoms with Crippen LogP contribution in [0.4, 0.5) is 0 Å². The van der Waals surface area contributed by atoms with Crippen LogP contribution >= 0.6 is 15.8 Å². The van der Waals surface area contributed by atoms with Crippen LogP contribution in [-0.2, 0) is 111 Å². The van der Waals surface area contributed by atoms with E-state index >= 15 is 0 Å². The van der Waals surface area contributed by atoms with Crippen molar-refractivity contribution in [1.29, 1.82) is 0 Å². The van der Waals surface area contributed by atoms with E-state index in [0.717, 1.165) is 139 Å². The van der Waals surface area contributed by atoms with E-state index in [1.165, 1.54) is 65.2 Å². The van der Waals surface area contributed by atoms with Gasteiger partial charge in [0.1, 0.15) is 128 Å². The van der Waals surface area contributed by atoms with E-state index in [9.17, 15) is 51.9 Å². The maximum absolute atomic E-state index is 12.9. The van der Waals surface area contributed by atoms with Crippen LogP contribution in [0.1, 0.15) is 161 Å². The van der Waals surface area contributed by atoms with Gasteiger partial charge in [0.25, 0.3) is 0 Å². The number of aryl methyl sites for hydroxylation is 2. The van der Waals surface area contributed by atoms with Crippen LogP contribution in [0.5, 0.6) is 34.5 Å². The average Bonchev–Trinajstić information content (AvgIpc) is 0.758. The van der Waals surface area contributed by atoms with Crippen molar-refractivity contribution >= 4 is 88.1 Å². The molecule has 0 radical (unpaired) electrons. The molecule has 0 aromatic heterocycles. The lowest BCUT2D eigenvalue weighted by Gasteiger charge is -2.26. The van der Waals surface area contributed by atoms with E-state index in [2.05, 4.69) is 203 Å². The lowest BCUT2D eigenvalue weighted by Crippen LogP contribution is -3.10. The number of hydrogen-bond donors (Lipinski definition) is 4. The molecule has 8 bridgehead atoms. The van der Waals surface area contributed by atoms with Crippen molar-refractivity contribution in [3.05, 3.63) is 260 Å². The van der Waals surface area contributed by atoms with Crippen LogP contribution < -0.4 is 75.1 Å². The molecule has 720 valence electrons. The quantitative estimate of drug-likeness (QED) is 0.0157. The Morgan fingerprint density at radius 1 is 0.271 bits per heavy atom. The summed E-state index contributed by atoms with van der Waals surface area (Å²) in [6.45, 7) is 43.4. The molecule has 25 nitrogen and oxygen atoms in total. The first-order valence-corrected chi connectivity index (χ1v) is 54.5. The third kappa shape index (κ3) is 30.2. The number of benzene rings is 10. The molecule has 0 aliphatic heterocycles. The Balaban J connectivity index is 0.000000276. The number of nitrogens with one attached hydrogen (secondary N) is 4. The van der Waals surface area contributed by atoms with E-state index < -0.39 is 102 Å². The molecule has 0 unspecified atom stereocenters. The SMILES string of the molecule is CCOCCOc1c2cc(S(=O)(=O)[O-])cc1Cc1cc(S(=O)(=O)[O-])cc(c1OCCOCC)Cc1cc(S(=O)(=O)[O-])cc(c1OCCOCC)Cc1cc(S(=O)(=O)[O-])cc(c1OCCOCC)C2.CC[NH+](CC)Cc1ccc(P(c2ccc(C[NH+](CC)CC)cc2)c2cc(C)ccc2Oc2ccc(C)cc2P(c2ccc(C[NH+](CC)CC)cc2)c2ccc(C[NH+](CC)CC)cc2)cc1. The fraction of sp³-hybridized carbons (Fsp3) is 0.412. The van der Waals surface area contributed by atoms with Gasteiger partial charge in [0, 0.05) is 129 Å². The van der Waals surface area contributed by atoms with Crippen LogP contribution in [0.3, 0.4) is 0 Å². The summed E-state index contributed by atoms with van der Waals surface area (Å²) < 4.78 is 210. The predicted octanol–water partition coefficient (Wildman–Crippen LogP) is 8.95. The van der Waals surface area contributed by atoms with Crippen molar-refractivity contribution in [2.45, 2.75) is 168 Å². The Kier molecular flexibility index (Phi) is 40.8. The zero-order valence-corrected chi connectivity index (χ0v) is 84.3. The number of ether oxygens (including phenoxy) is 9. The average molecular weight is 1940 g/mol. The molecule has 133 heavy (non-hydrogen) atoms. The van der Waals surface area contributed by atoms with Gasteiger partial charge in [-0.15, -0.1) is 0 Å². The van der Waals surface area contributed by atoms with Crippen molar-refractivity contribution in [3.8, 4) is 34.5 Å². The molecule has 11 rings (SSSR count). The van der Waals surface area contributed by atoms with Gasteiger partial charge < -0.3 is 80.4 Å². The fourth-order valence-corrected chi connectivity index (χ4v) is 23.6. The first-order valence-electron chi connectivity index (χ1n) is 46.2. The first-order chi connectivity index (χ1) is 63.7. The Morgan fingerprint density at radius 3 is 0.639 bits per heavy atom. The minimum absolute atomic E-state index is 0.00443. The summed E-state index contributed by atoms with van der Waals surface area (Å²) in [5.74, 6) is 1.59. The lowest BCUT2D eigenvalue weighted by atomic mass is 9.91. The highest BCUT2D eigenvalue weighted by molar-refractivity contribution is 7.86. The highest BCUT2D eigenvalue weighted by Crippen LogP contribution is 2.45. The molecule has 0 fully saturated rings. The molecular weight excluding hydrogens is 1810 g/mol. The molecule has 1 aliphatic carbocycles. The van der Waals surface area contributed by atoms with E-state index in [-0.39, 0.29) is 147 Å². The number of rotatable bonds is 48. The minimum atomic E-state index is -5.30. The standard InChI is InChI=1S/C58H76N4OP2.C44H56O20S4/c1-11-59(12-2)41-47-21-29-51(30-22-47)64(52-31-23-48(24-32-52)42-60(13-3)14-4)57-39-45(9)19-37-55(57)63-56-38-20-46(10)40-58(56)65(53-33-25-49(26-34-53)43-61(15-5)16-6)54-35-27-50(28-36-54)44-62(17-7)18-8;1-5-57-9-13-61-41-29-17-31-23-38(66(48,49)50)25-33(42(31)62-14-10-58-6-2)19-35-27-40(68(54,55)56)28-36(44(35)64-16-12-60-8-4)20-34-26-39(67(51,52)53)24-32(43(34)63-15-11-59-7-3)18-30(41)22-37(21-29)65(45,46)47/h19-40H,11-18,41-44H2,1-10H3;21-28H,5-20H2,1-4H3,(H,45,46,47)(H,48,49,50)(H,51,52,53)(H,54,55,56). The molecule has 4 N–H and O–H groups in total. The fourth-order valence-electron chi connectivity index (χ4n) is 16.4. The number of quaternary nitrogens is 4. The molecule has 0 atom stereocenters. The largest absolute Gasteiger partial charge is 0.744 e. The van der Waals surface area contributed by atoms with Crippen molar-refractivity contribution in [2.24, 2.45) is 0 Å². The highest BCUT2D eigenvalue weighted by Gasteiger charge is 2.31. The minimum Gasteiger partial charge on any atom is -0.744 e. The van der Waals surface area contributed by atoms with Gasteiger partial charge in [0.2, 0.25) is 0 Å². The summed E-state index contributed by atoms with van der Waals surface area (Å²) in [7, 11) is -23.1. The number of fused-ring (bicyclic) bond motifs is 8. The molecule has 0 saturated heterocycles. The maximum atomic E-state index is 12.9. The van der Waals surface area contributed by atoms with Gasteiger partial charge in [0.15, 0.2) is 0 Å². The molecule has 0 saturated carbocycles. The van der Waals surface area contributed by atoms with Crippen molar-refractivity contribution in [3.63, 3.8) is 0 Å². The summed E-state index contributed by atoms with van der Waals surface area (Å²) in [6, 6.07) is 59.9. The molecule has 31 heteroatoms. The van der Waals surface area contributed by atoms with Gasteiger partial charge in [-0.25, -0.2) is 33.7 Å². The Hall–Kier alpha value is -8.62. The van der Waals surface area contributed by atoms with Gasteiger partial charge in [-0.05, 0) is 207 Å². The van der Waals surface area contributed by atoms with Gasteiger partial charge >= 0.3 is 0 Å². The zero-order chi connectivity index (χ0) is 96.2. The van der Waals surface area contributed by atoms with Gasteiger partial charge in [-0.2, -0.15) is 0 Å². The molecule has 0 spiro atoms. The Labute approximate surface area is 791 Å². The van der Waals surface area contributed by atoms with Crippen LogP contribution in [0, 0.1) is 13.8 Å². The van der Waals surface area contributed by atoms with E-state index in [1.807, 2.05) is 0 Å². The zero-order valence-electron chi connectivity index (χ0n) is 79.2. The van der Waals surface area contributed by atoms with Crippen LogP contribution in [0.25, 0.3) is 0 Å². The lowest BCUT2D eigenvalue weighted by molar-refractivity contribution is -0.910. The molecule has 10 aromatic rings. The smallest absolute Gasteiger partial charge is 0.135 e. The second kappa shape index (κ2) is 51.0. The van der Waals surface area contributed by atoms with Crippen LogP contribution in [0.15, 0.2) is 202 Å². The summed E-state index contributed by atoms with van der Waals surface area (Å²) in [6.07, 6.45) is -2.01. The molecular formula is C102H132N4O21P2S4. The maximum Gasteiger partial charge on any atom is 0.135 e. The van der Waals surface area contributed by atoms with E-state index in [0.29, 0.717) is 0 Å². The Bertz CT molecular complexity index is 5180. The summed E-state index contributed by atoms with van der Waals surface area (Å²) in [5.41, 5.74) is 7.57. The third-order valence-electron chi connectivity index (χ3n) is 23.8. The van der Waals surface area contributed by atoms with E-state index in [1.54, 1.807) is 47.3 Å². The van der Waals surface area contributed by atoms with Crippen molar-refractivity contribution in [1.82, 2.24) is 0 Å². The first kappa shape index (κ1) is 106. The van der Waals surface area contributed by atoms with Crippen molar-refractivity contribution in [2.75, 3.05) is 132 Å². The van der Waals surface area contributed by atoms with Crippen molar-refractivity contribution < 1.29 is 114 Å². The topological polar surface area (TPSA) is 330 Å². The molecule has 1 aliphatic rings. The van der Waals surface area contributed by atoms with Gasteiger partial charge in [-0.1, -0.05) is 120 Å². The van der Waals surface area contributed by atoms with Crippen LogP contribution in [0.2, 0.25) is 0 Å². The molecule has 0 amide bonds. The summed E-state index contributed by atoms with van der Waals surface area (Å²) in [4.78, 5) is 3.26. The number of hydrogen-bond acceptors (Lipinski definition) is 21. The predicted molar refractivity (Wildman–Crippen MR) is 520 cm³/mol. The highest BCUT2D eigenvalue weighted by atomic mass is 32.2. The van der Waals surface area contributed by atoms with E-state index in [4.69, 9.17) is 42.6 Å². The van der Waals surface area contributed by atoms with Gasteiger partial charge in [0.05, 0.1) is 98.4 Å². The summed E-state index contributed by atoms with van der Waals surface area (Å²) >= 11 is 0. The summed E-state index contributed by atoms with van der Waals surface area (Å²) in [5, 5.41) is 7.90. The molecule has 0 heterocycles. The van der Waals surface area contributed by atoms with Crippen LogP contribution in [-0.4, -0.2) is 184 Å². The van der Waals surface area contributed by atoms with Gasteiger partial charge in [-0.3, -0.25) is 0 Å². The monoisotopic (exact) mass is 1940 g/mol. The normalized spacial score (nSPS) is 12.6. The second-order valence-corrected chi connectivity index (χ2v) is 42.8. The Morgan fingerprint density at radius 2 is 0.466 bits per heavy atom. The second-order valence-electron chi connectivity index (χ2n) is 32.9. The molecule has 10 aromatic carbocycles. The third-order valence-corrected chi connectivity index (χ3v) is 32.0.